The van der Waals surface area contributed by atoms with E-state index >= 15 is 0 Å². The highest BCUT2D eigenvalue weighted by Gasteiger charge is 2.47. The molecule has 0 unspecified atom stereocenters. The SMILES string of the molecule is CC1(C)c2cc3c(cc2-c2cc4c(cc21)-c1c(cc(-n2c5ccccc5c5cc6c(cc52)C(C)(C)c2ccccc2-6)c2ccccc12)C4(C)C)C(C)(C)c1cc(-c2ccc(-n4c5ccccc5c5cc6c(cc54)C(C)(C)c4ccccc4-6)cc2)c2ccccc2c1-3. The summed E-state index contributed by atoms with van der Waals surface area (Å²) in [7, 11) is 0. The normalized spacial score (nSPS) is 16.5. The molecular weight excluding hydrogens is 1100 g/mol. The summed E-state index contributed by atoms with van der Waals surface area (Å²) in [5.74, 6) is 0. The van der Waals surface area contributed by atoms with Gasteiger partial charge in [0.1, 0.15) is 0 Å². The van der Waals surface area contributed by atoms with E-state index in [4.69, 9.17) is 0 Å². The van der Waals surface area contributed by atoms with E-state index in [-0.39, 0.29) is 27.1 Å². The predicted octanol–water partition coefficient (Wildman–Crippen LogP) is 23.4. The van der Waals surface area contributed by atoms with Gasteiger partial charge in [-0.15, -0.1) is 0 Å². The highest BCUT2D eigenvalue weighted by atomic mass is 15.0. The first-order valence-electron chi connectivity index (χ1n) is 32.9. The second kappa shape index (κ2) is 16.9. The fraction of sp³-hybridized carbons (Fsp3) is 0.169. The van der Waals surface area contributed by atoms with Crippen molar-refractivity contribution in [1.29, 1.82) is 0 Å². The van der Waals surface area contributed by atoms with Crippen molar-refractivity contribution in [2.75, 3.05) is 0 Å². The van der Waals surface area contributed by atoms with Crippen LogP contribution in [0.25, 0.3) is 143 Å². The van der Waals surface area contributed by atoms with Crippen LogP contribution in [0.4, 0.5) is 0 Å². The molecule has 2 heterocycles. The number of nitrogens with zero attached hydrogens (tertiary/aromatic N) is 2. The number of benzene rings is 13. The maximum Gasteiger partial charge on any atom is 0.0544 e. The topological polar surface area (TPSA) is 9.86 Å². The second-order valence-corrected chi connectivity index (χ2v) is 29.9. The molecule has 91 heavy (non-hydrogen) atoms. The van der Waals surface area contributed by atoms with E-state index in [1.54, 1.807) is 0 Å². The lowest BCUT2D eigenvalue weighted by Gasteiger charge is -2.25. The van der Waals surface area contributed by atoms with Crippen LogP contribution in [-0.2, 0) is 27.1 Å². The van der Waals surface area contributed by atoms with Gasteiger partial charge in [0.05, 0.1) is 27.8 Å². The molecule has 13 aromatic carbocycles. The van der Waals surface area contributed by atoms with Gasteiger partial charge in [0.25, 0.3) is 0 Å². The summed E-state index contributed by atoms with van der Waals surface area (Å²) >= 11 is 0. The average molecular weight is 1170 g/mol. The Morgan fingerprint density at radius 2 is 0.560 bits per heavy atom. The van der Waals surface area contributed by atoms with Crippen molar-refractivity contribution in [1.82, 2.24) is 9.13 Å². The molecule has 0 aliphatic heterocycles. The van der Waals surface area contributed by atoms with E-state index in [1.165, 1.54) is 199 Å². The molecule has 2 heteroatoms. The summed E-state index contributed by atoms with van der Waals surface area (Å²) in [5, 5.41) is 10.4. The lowest BCUT2D eigenvalue weighted by atomic mass is 9.78. The number of para-hydroxylation sites is 2. The van der Waals surface area contributed by atoms with Crippen LogP contribution in [0.15, 0.2) is 231 Å². The summed E-state index contributed by atoms with van der Waals surface area (Å²) in [4.78, 5) is 0. The number of aromatic nitrogens is 2. The summed E-state index contributed by atoms with van der Waals surface area (Å²) in [6, 6.07) is 89.6. The smallest absolute Gasteiger partial charge is 0.0544 e. The molecule has 0 saturated heterocycles. The van der Waals surface area contributed by atoms with Crippen molar-refractivity contribution in [2.24, 2.45) is 0 Å². The highest BCUT2D eigenvalue weighted by Crippen LogP contribution is 2.62. The van der Waals surface area contributed by atoms with E-state index in [9.17, 15) is 0 Å². The third-order valence-corrected chi connectivity index (χ3v) is 23.7. The Morgan fingerprint density at radius 1 is 0.209 bits per heavy atom. The Balaban J connectivity index is 0.704. The van der Waals surface area contributed by atoms with Crippen LogP contribution in [0.1, 0.15) is 125 Å². The monoisotopic (exact) mass is 1160 g/mol. The molecule has 2 nitrogen and oxygen atoms in total. The van der Waals surface area contributed by atoms with Gasteiger partial charge >= 0.3 is 0 Å². The molecule has 5 aliphatic rings. The van der Waals surface area contributed by atoms with Gasteiger partial charge in [0, 0.05) is 59.7 Å². The van der Waals surface area contributed by atoms with Gasteiger partial charge in [-0.1, -0.05) is 215 Å². The van der Waals surface area contributed by atoms with Crippen LogP contribution >= 0.6 is 0 Å². The van der Waals surface area contributed by atoms with Gasteiger partial charge in [-0.25, -0.2) is 0 Å². The van der Waals surface area contributed by atoms with Crippen molar-refractivity contribution in [3.63, 3.8) is 0 Å². The van der Waals surface area contributed by atoms with Crippen LogP contribution in [0.5, 0.6) is 0 Å². The van der Waals surface area contributed by atoms with Crippen molar-refractivity contribution in [3.05, 3.63) is 286 Å². The van der Waals surface area contributed by atoms with Gasteiger partial charge in [-0.3, -0.25) is 0 Å². The minimum absolute atomic E-state index is 0.0914. The molecule has 20 rings (SSSR count). The minimum Gasteiger partial charge on any atom is -0.309 e. The van der Waals surface area contributed by atoms with Gasteiger partial charge in [-0.2, -0.15) is 0 Å². The summed E-state index contributed by atoms with van der Waals surface area (Å²) in [6.45, 7) is 24.4. The average Bonchev–Trinajstić information content (AvgIpc) is 1.53. The maximum atomic E-state index is 2.63. The molecule has 5 aliphatic carbocycles. The Hall–Kier alpha value is -10.0. The second-order valence-electron chi connectivity index (χ2n) is 29.9. The van der Waals surface area contributed by atoms with Crippen LogP contribution in [0, 0.1) is 0 Å². The van der Waals surface area contributed by atoms with Gasteiger partial charge < -0.3 is 9.13 Å². The van der Waals surface area contributed by atoms with E-state index < -0.39 is 0 Å². The molecule has 0 spiro atoms. The largest absolute Gasteiger partial charge is 0.309 e. The van der Waals surface area contributed by atoms with Crippen LogP contribution in [0.3, 0.4) is 0 Å². The highest BCUT2D eigenvalue weighted by molar-refractivity contribution is 6.16. The first-order chi connectivity index (χ1) is 43.9. The van der Waals surface area contributed by atoms with E-state index in [0.29, 0.717) is 0 Å². The zero-order chi connectivity index (χ0) is 61.3. The van der Waals surface area contributed by atoms with Gasteiger partial charge in [0.15, 0.2) is 0 Å². The first-order valence-corrected chi connectivity index (χ1v) is 32.9. The Labute approximate surface area is 531 Å². The lowest BCUT2D eigenvalue weighted by Crippen LogP contribution is -2.17. The Kier molecular flexibility index (Phi) is 9.61. The quantitative estimate of drug-likeness (QED) is 0.167. The third-order valence-electron chi connectivity index (χ3n) is 23.7. The van der Waals surface area contributed by atoms with Gasteiger partial charge in [-0.05, 0) is 223 Å². The number of hydrogen-bond acceptors (Lipinski definition) is 0. The number of hydrogen-bond donors (Lipinski definition) is 0. The first kappa shape index (κ1) is 51.8. The molecular formula is C89H68N2. The molecule has 0 saturated carbocycles. The zero-order valence-electron chi connectivity index (χ0n) is 53.3. The maximum absolute atomic E-state index is 2.63. The molecule has 0 N–H and O–H groups in total. The van der Waals surface area contributed by atoms with E-state index in [2.05, 4.69) is 309 Å². The Bertz CT molecular complexity index is 5900. The van der Waals surface area contributed by atoms with Crippen molar-refractivity contribution in [3.8, 4) is 78.1 Å². The molecule has 2 aromatic heterocycles. The molecule has 0 fully saturated rings. The van der Waals surface area contributed by atoms with Crippen molar-refractivity contribution in [2.45, 2.75) is 96.3 Å². The molecule has 0 bridgehead atoms. The molecule has 0 atom stereocenters. The molecule has 434 valence electrons. The number of fused-ring (bicyclic) bond motifs is 25. The van der Waals surface area contributed by atoms with Gasteiger partial charge in [0.2, 0.25) is 0 Å². The minimum atomic E-state index is -0.275. The summed E-state index contributed by atoms with van der Waals surface area (Å²) in [5.41, 5.74) is 36.7. The zero-order valence-corrected chi connectivity index (χ0v) is 53.3. The Morgan fingerprint density at radius 3 is 1.10 bits per heavy atom. The summed E-state index contributed by atoms with van der Waals surface area (Å²) in [6.07, 6.45) is 0. The van der Waals surface area contributed by atoms with Crippen molar-refractivity contribution >= 4 is 65.2 Å². The summed E-state index contributed by atoms with van der Waals surface area (Å²) < 4.78 is 5.10. The fourth-order valence-electron chi connectivity index (χ4n) is 18.9. The fourth-order valence-corrected chi connectivity index (χ4v) is 18.9. The van der Waals surface area contributed by atoms with Crippen LogP contribution < -0.4 is 0 Å². The molecule has 15 aromatic rings. The van der Waals surface area contributed by atoms with Crippen LogP contribution in [-0.4, -0.2) is 9.13 Å². The van der Waals surface area contributed by atoms with E-state index in [1.807, 2.05) is 0 Å². The predicted molar refractivity (Wildman–Crippen MR) is 383 cm³/mol. The molecule has 0 radical (unpaired) electrons. The standard InChI is InChI=1S/C89H68N2/c1-85(2)68-31-19-15-24-52(68)60-39-64-55-27-17-21-33-78(55)90(81(64)46-74(60)85)50-37-35-49(36-38-50)59-41-76-83(57-29-13-11-23-51(57)59)66-44-70-62(42-72(66)88(76,7)8)63-43-73-67(45-71(63)87(70,5)6)84-58-30-14-12-26-54(58)80(48-77(84)89(73,9)10)91-79-34-22-18-28-56(79)65-40-61-53-25-16-20-32-69(53)86(3,4)75(61)47-82(65)91/h11-48H,1-10H3. The van der Waals surface area contributed by atoms with Crippen molar-refractivity contribution < 1.29 is 0 Å². The molecule has 0 amide bonds. The van der Waals surface area contributed by atoms with Crippen LogP contribution in [0.2, 0.25) is 0 Å². The van der Waals surface area contributed by atoms with E-state index in [0.717, 1.165) is 0 Å². The lowest BCUT2D eigenvalue weighted by molar-refractivity contribution is 0.649. The number of rotatable bonds is 3. The third kappa shape index (κ3) is 6.29.